The molecule has 88 valence electrons. The first-order valence-corrected chi connectivity index (χ1v) is 5.79. The highest BCUT2D eigenvalue weighted by Gasteiger charge is 2.02. The highest BCUT2D eigenvalue weighted by molar-refractivity contribution is 5.77. The maximum atomic E-state index is 5.05. The van der Waals surface area contributed by atoms with E-state index >= 15 is 0 Å². The van der Waals surface area contributed by atoms with Gasteiger partial charge in [-0.2, -0.15) is 0 Å². The molecule has 0 aromatic heterocycles. The van der Waals surface area contributed by atoms with Gasteiger partial charge in [-0.3, -0.25) is 0 Å². The van der Waals surface area contributed by atoms with Crippen molar-refractivity contribution in [1.29, 1.82) is 0 Å². The molecule has 0 atom stereocenters. The van der Waals surface area contributed by atoms with Gasteiger partial charge in [-0.15, -0.1) is 0 Å². The van der Waals surface area contributed by atoms with Crippen LogP contribution < -0.4 is 5.32 Å². The number of hydrogen-bond donors (Lipinski definition) is 1. The molecule has 0 heterocycles. The van der Waals surface area contributed by atoms with Gasteiger partial charge in [0.25, 0.3) is 0 Å². The number of nitrogens with one attached hydrogen (secondary N) is 1. The van der Waals surface area contributed by atoms with Crippen molar-refractivity contribution in [1.82, 2.24) is 0 Å². The first-order valence-electron chi connectivity index (χ1n) is 5.79. The Kier molecular flexibility index (Phi) is 4.17. The number of rotatable bonds is 5. The third-order valence-corrected chi connectivity index (χ3v) is 2.63. The fourth-order valence-corrected chi connectivity index (χ4v) is 1.79. The van der Waals surface area contributed by atoms with E-state index in [2.05, 4.69) is 47.8 Å². The molecule has 2 rings (SSSR count). The first kappa shape index (κ1) is 11.7. The Balaban J connectivity index is 2.22. The molecular formula is C15H17NO. The third kappa shape index (κ3) is 3.08. The number of anilines is 1. The zero-order valence-corrected chi connectivity index (χ0v) is 10.0. The zero-order chi connectivity index (χ0) is 11.9. The highest BCUT2D eigenvalue weighted by Crippen LogP contribution is 2.27. The summed E-state index contributed by atoms with van der Waals surface area (Å²) in [5.74, 6) is 0. The van der Waals surface area contributed by atoms with Gasteiger partial charge in [0.2, 0.25) is 0 Å². The summed E-state index contributed by atoms with van der Waals surface area (Å²) in [5.41, 5.74) is 3.60. The van der Waals surface area contributed by atoms with E-state index in [4.69, 9.17) is 4.74 Å². The molecule has 0 aliphatic carbocycles. The Morgan fingerprint density at radius 3 is 2.41 bits per heavy atom. The van der Waals surface area contributed by atoms with E-state index in [0.717, 1.165) is 12.2 Å². The Bertz CT molecular complexity index is 453. The molecule has 0 fully saturated rings. The maximum absolute atomic E-state index is 5.05. The maximum Gasteiger partial charge on any atom is 0.0635 e. The van der Waals surface area contributed by atoms with E-state index in [0.29, 0.717) is 6.61 Å². The minimum Gasteiger partial charge on any atom is -0.383 e. The van der Waals surface area contributed by atoms with Gasteiger partial charge < -0.3 is 10.1 Å². The number of methoxy groups -OCH3 is 1. The van der Waals surface area contributed by atoms with E-state index in [-0.39, 0.29) is 0 Å². The molecule has 0 radical (unpaired) electrons. The third-order valence-electron chi connectivity index (χ3n) is 2.63. The van der Waals surface area contributed by atoms with Crippen molar-refractivity contribution < 1.29 is 4.74 Å². The summed E-state index contributed by atoms with van der Waals surface area (Å²) in [6, 6.07) is 18.7. The van der Waals surface area contributed by atoms with Crippen LogP contribution in [0.4, 0.5) is 5.69 Å². The zero-order valence-electron chi connectivity index (χ0n) is 10.0. The van der Waals surface area contributed by atoms with Gasteiger partial charge in [0.05, 0.1) is 6.61 Å². The van der Waals surface area contributed by atoms with Crippen molar-refractivity contribution in [2.45, 2.75) is 0 Å². The predicted molar refractivity (Wildman–Crippen MR) is 72.2 cm³/mol. The SMILES string of the molecule is COCCNc1ccccc1-c1ccccc1. The number of ether oxygens (including phenoxy) is 1. The lowest BCUT2D eigenvalue weighted by Gasteiger charge is -2.11. The van der Waals surface area contributed by atoms with E-state index in [1.165, 1.54) is 11.1 Å². The molecule has 2 aromatic carbocycles. The van der Waals surface area contributed by atoms with E-state index < -0.39 is 0 Å². The Labute approximate surface area is 102 Å². The molecule has 1 N–H and O–H groups in total. The van der Waals surface area contributed by atoms with Crippen molar-refractivity contribution in [2.75, 3.05) is 25.6 Å². The van der Waals surface area contributed by atoms with Crippen LogP contribution >= 0.6 is 0 Å². The molecule has 2 aromatic rings. The van der Waals surface area contributed by atoms with Gasteiger partial charge in [0, 0.05) is 24.9 Å². The average Bonchev–Trinajstić information content (AvgIpc) is 2.41. The number of para-hydroxylation sites is 1. The van der Waals surface area contributed by atoms with Crippen molar-refractivity contribution in [2.24, 2.45) is 0 Å². The summed E-state index contributed by atoms with van der Waals surface area (Å²) in [7, 11) is 1.71. The number of benzene rings is 2. The summed E-state index contributed by atoms with van der Waals surface area (Å²) < 4.78 is 5.05. The van der Waals surface area contributed by atoms with Crippen molar-refractivity contribution in [3.63, 3.8) is 0 Å². The van der Waals surface area contributed by atoms with Crippen molar-refractivity contribution >= 4 is 5.69 Å². The number of hydrogen-bond acceptors (Lipinski definition) is 2. The molecule has 0 unspecified atom stereocenters. The van der Waals surface area contributed by atoms with Crippen LogP contribution in [0.1, 0.15) is 0 Å². The van der Waals surface area contributed by atoms with Crippen LogP contribution in [-0.4, -0.2) is 20.3 Å². The summed E-state index contributed by atoms with van der Waals surface area (Å²) in [6.45, 7) is 1.53. The van der Waals surface area contributed by atoms with Crippen LogP contribution in [0, 0.1) is 0 Å². The molecule has 0 bridgehead atoms. The Morgan fingerprint density at radius 1 is 0.941 bits per heavy atom. The topological polar surface area (TPSA) is 21.3 Å². The molecule has 0 spiro atoms. The molecule has 0 aliphatic rings. The predicted octanol–water partition coefficient (Wildman–Crippen LogP) is 3.41. The smallest absolute Gasteiger partial charge is 0.0635 e. The average molecular weight is 227 g/mol. The highest BCUT2D eigenvalue weighted by atomic mass is 16.5. The molecule has 0 amide bonds. The molecule has 0 aliphatic heterocycles. The minimum atomic E-state index is 0.711. The second-order valence-electron chi connectivity index (χ2n) is 3.83. The van der Waals surface area contributed by atoms with Crippen LogP contribution in [0.15, 0.2) is 54.6 Å². The lowest BCUT2D eigenvalue weighted by Crippen LogP contribution is -2.08. The van der Waals surface area contributed by atoms with E-state index in [1.807, 2.05) is 12.1 Å². The van der Waals surface area contributed by atoms with Gasteiger partial charge in [-0.05, 0) is 11.6 Å². The minimum absolute atomic E-state index is 0.711. The van der Waals surface area contributed by atoms with Crippen molar-refractivity contribution in [3.8, 4) is 11.1 Å². The van der Waals surface area contributed by atoms with Crippen LogP contribution in [-0.2, 0) is 4.74 Å². The standard InChI is InChI=1S/C15H17NO/c1-17-12-11-16-15-10-6-5-9-14(15)13-7-3-2-4-8-13/h2-10,16H,11-12H2,1H3. The fraction of sp³-hybridized carbons (Fsp3) is 0.200. The molecular weight excluding hydrogens is 210 g/mol. The van der Waals surface area contributed by atoms with Crippen LogP contribution in [0.25, 0.3) is 11.1 Å². The van der Waals surface area contributed by atoms with Gasteiger partial charge in [-0.25, -0.2) is 0 Å². The van der Waals surface area contributed by atoms with Gasteiger partial charge in [0.1, 0.15) is 0 Å². The summed E-state index contributed by atoms with van der Waals surface area (Å²) in [6.07, 6.45) is 0. The van der Waals surface area contributed by atoms with Gasteiger partial charge >= 0.3 is 0 Å². The van der Waals surface area contributed by atoms with Crippen LogP contribution in [0.2, 0.25) is 0 Å². The van der Waals surface area contributed by atoms with E-state index in [9.17, 15) is 0 Å². The molecule has 2 nitrogen and oxygen atoms in total. The second-order valence-corrected chi connectivity index (χ2v) is 3.83. The first-order chi connectivity index (χ1) is 8.42. The van der Waals surface area contributed by atoms with Gasteiger partial charge in [0.15, 0.2) is 0 Å². The molecule has 17 heavy (non-hydrogen) atoms. The van der Waals surface area contributed by atoms with Gasteiger partial charge in [-0.1, -0.05) is 48.5 Å². The Hall–Kier alpha value is -1.80. The lowest BCUT2D eigenvalue weighted by molar-refractivity contribution is 0.211. The molecule has 0 saturated heterocycles. The molecule has 0 saturated carbocycles. The van der Waals surface area contributed by atoms with Crippen LogP contribution in [0.3, 0.4) is 0 Å². The fourth-order valence-electron chi connectivity index (χ4n) is 1.79. The second kappa shape index (κ2) is 6.06. The van der Waals surface area contributed by atoms with Crippen LogP contribution in [0.5, 0.6) is 0 Å². The largest absolute Gasteiger partial charge is 0.383 e. The lowest BCUT2D eigenvalue weighted by atomic mass is 10.0. The monoisotopic (exact) mass is 227 g/mol. The van der Waals surface area contributed by atoms with Crippen molar-refractivity contribution in [3.05, 3.63) is 54.6 Å². The van der Waals surface area contributed by atoms with E-state index in [1.54, 1.807) is 7.11 Å². The summed E-state index contributed by atoms with van der Waals surface area (Å²) in [4.78, 5) is 0. The quantitative estimate of drug-likeness (QED) is 0.790. The molecule has 2 heteroatoms. The Morgan fingerprint density at radius 2 is 1.65 bits per heavy atom. The normalized spacial score (nSPS) is 10.2. The summed E-state index contributed by atoms with van der Waals surface area (Å²) >= 11 is 0. The summed E-state index contributed by atoms with van der Waals surface area (Å²) in [5, 5.41) is 3.39.